The lowest BCUT2D eigenvalue weighted by Crippen LogP contribution is -2.29. The molecule has 9 nitrogen and oxygen atoms in total. The number of hydrogen-bond donors (Lipinski definition) is 2. The van der Waals surface area contributed by atoms with Crippen LogP contribution in [0.1, 0.15) is 11.1 Å². The SMILES string of the molecule is Cc1ccc(N(CCO)CCO)cc1N=Nc1ccc([N+](=O)[O-])cc1C#N. The van der Waals surface area contributed by atoms with Crippen LogP contribution in [-0.4, -0.2) is 41.4 Å². The zero-order valence-electron chi connectivity index (χ0n) is 14.7. The quantitative estimate of drug-likeness (QED) is 0.417. The topological polar surface area (TPSA) is 135 Å². The Morgan fingerprint density at radius 1 is 1.11 bits per heavy atom. The van der Waals surface area contributed by atoms with Crippen molar-refractivity contribution < 1.29 is 15.1 Å². The van der Waals surface area contributed by atoms with Gasteiger partial charge in [0.15, 0.2) is 0 Å². The van der Waals surface area contributed by atoms with Crippen molar-refractivity contribution in [2.45, 2.75) is 6.92 Å². The molecule has 2 N–H and O–H groups in total. The molecule has 140 valence electrons. The van der Waals surface area contributed by atoms with E-state index in [0.717, 1.165) is 17.3 Å². The van der Waals surface area contributed by atoms with Crippen LogP contribution in [-0.2, 0) is 0 Å². The van der Waals surface area contributed by atoms with Gasteiger partial charge >= 0.3 is 0 Å². The van der Waals surface area contributed by atoms with Crippen molar-refractivity contribution in [3.05, 3.63) is 57.6 Å². The fourth-order valence-corrected chi connectivity index (χ4v) is 2.44. The van der Waals surface area contributed by atoms with Crippen molar-refractivity contribution in [2.24, 2.45) is 10.2 Å². The lowest BCUT2D eigenvalue weighted by Gasteiger charge is -2.23. The summed E-state index contributed by atoms with van der Waals surface area (Å²) >= 11 is 0. The number of non-ortho nitro benzene ring substituents is 1. The van der Waals surface area contributed by atoms with E-state index in [2.05, 4.69) is 10.2 Å². The van der Waals surface area contributed by atoms with Crippen LogP contribution in [0.5, 0.6) is 0 Å². The van der Waals surface area contributed by atoms with Gasteiger partial charge < -0.3 is 15.1 Å². The number of aryl methyl sites for hydroxylation is 1. The minimum absolute atomic E-state index is 0.0565. The second kappa shape index (κ2) is 9.38. The average Bonchev–Trinajstić information content (AvgIpc) is 2.67. The van der Waals surface area contributed by atoms with Gasteiger partial charge in [-0.3, -0.25) is 10.1 Å². The molecule has 0 saturated heterocycles. The maximum atomic E-state index is 10.8. The van der Waals surface area contributed by atoms with E-state index in [0.29, 0.717) is 18.8 Å². The number of nitriles is 1. The molecular weight excluding hydrogens is 350 g/mol. The minimum Gasteiger partial charge on any atom is -0.395 e. The summed E-state index contributed by atoms with van der Waals surface area (Å²) in [5.41, 5.74) is 2.26. The van der Waals surface area contributed by atoms with Crippen LogP contribution in [0.4, 0.5) is 22.7 Å². The second-order valence-electron chi connectivity index (χ2n) is 5.68. The molecule has 2 aromatic carbocycles. The fourth-order valence-electron chi connectivity index (χ4n) is 2.44. The Labute approximate surface area is 156 Å². The van der Waals surface area contributed by atoms with Crippen molar-refractivity contribution in [3.63, 3.8) is 0 Å². The maximum Gasteiger partial charge on any atom is 0.270 e. The fraction of sp³-hybridized carbons (Fsp3) is 0.278. The average molecular weight is 369 g/mol. The first kappa shape index (κ1) is 20.0. The highest BCUT2D eigenvalue weighted by molar-refractivity contribution is 5.61. The number of nitrogens with zero attached hydrogens (tertiary/aromatic N) is 5. The van der Waals surface area contributed by atoms with Gasteiger partial charge in [-0.05, 0) is 30.7 Å². The van der Waals surface area contributed by atoms with Gasteiger partial charge in [-0.15, -0.1) is 5.11 Å². The molecule has 9 heteroatoms. The molecule has 0 atom stereocenters. The van der Waals surface area contributed by atoms with Crippen LogP contribution >= 0.6 is 0 Å². The van der Waals surface area contributed by atoms with Gasteiger partial charge in [0, 0.05) is 30.9 Å². The van der Waals surface area contributed by atoms with Gasteiger partial charge in [0.1, 0.15) is 11.8 Å². The van der Waals surface area contributed by atoms with E-state index in [9.17, 15) is 25.6 Å². The van der Waals surface area contributed by atoms with Gasteiger partial charge in [0.05, 0.1) is 29.4 Å². The monoisotopic (exact) mass is 369 g/mol. The number of rotatable bonds is 8. The number of aliphatic hydroxyl groups is 2. The number of nitro benzene ring substituents is 1. The van der Waals surface area contributed by atoms with Crippen molar-refractivity contribution in [3.8, 4) is 6.07 Å². The molecule has 2 aromatic rings. The Hall–Kier alpha value is -3.35. The predicted molar refractivity (Wildman–Crippen MR) is 99.6 cm³/mol. The summed E-state index contributed by atoms with van der Waals surface area (Å²) in [4.78, 5) is 12.0. The number of benzene rings is 2. The third-order valence-electron chi connectivity index (χ3n) is 3.87. The van der Waals surface area contributed by atoms with E-state index < -0.39 is 4.92 Å². The number of anilines is 1. The lowest BCUT2D eigenvalue weighted by atomic mass is 10.1. The largest absolute Gasteiger partial charge is 0.395 e. The van der Waals surface area contributed by atoms with Crippen LogP contribution < -0.4 is 4.90 Å². The molecule has 0 aliphatic rings. The van der Waals surface area contributed by atoms with Crippen LogP contribution in [0, 0.1) is 28.4 Å². The van der Waals surface area contributed by atoms with Crippen molar-refractivity contribution in [2.75, 3.05) is 31.2 Å². The molecule has 0 heterocycles. The van der Waals surface area contributed by atoms with Gasteiger partial charge in [-0.25, -0.2) is 0 Å². The molecule has 0 unspecified atom stereocenters. The molecule has 0 fully saturated rings. The Morgan fingerprint density at radius 3 is 2.37 bits per heavy atom. The molecule has 0 aliphatic heterocycles. The Kier molecular flexibility index (Phi) is 6.93. The summed E-state index contributed by atoms with van der Waals surface area (Å²) in [5.74, 6) is 0. The van der Waals surface area contributed by atoms with E-state index in [1.165, 1.54) is 12.1 Å². The first-order valence-corrected chi connectivity index (χ1v) is 8.17. The third-order valence-corrected chi connectivity index (χ3v) is 3.87. The van der Waals surface area contributed by atoms with Crippen LogP contribution in [0.15, 0.2) is 46.6 Å². The van der Waals surface area contributed by atoms with E-state index >= 15 is 0 Å². The van der Waals surface area contributed by atoms with Gasteiger partial charge in [-0.1, -0.05) is 6.07 Å². The van der Waals surface area contributed by atoms with Crippen molar-refractivity contribution >= 4 is 22.7 Å². The summed E-state index contributed by atoms with van der Waals surface area (Å²) in [7, 11) is 0. The van der Waals surface area contributed by atoms with Crippen LogP contribution in [0.2, 0.25) is 0 Å². The third kappa shape index (κ3) is 5.07. The Bertz CT molecular complexity index is 886. The van der Waals surface area contributed by atoms with Crippen LogP contribution in [0.25, 0.3) is 0 Å². The molecule has 0 aromatic heterocycles. The molecule has 0 saturated carbocycles. The second-order valence-corrected chi connectivity index (χ2v) is 5.68. The zero-order chi connectivity index (χ0) is 19.8. The molecule has 27 heavy (non-hydrogen) atoms. The number of hydrogen-bond acceptors (Lipinski definition) is 8. The lowest BCUT2D eigenvalue weighted by molar-refractivity contribution is -0.384. The summed E-state index contributed by atoms with van der Waals surface area (Å²) < 4.78 is 0. The van der Waals surface area contributed by atoms with Crippen molar-refractivity contribution in [1.29, 1.82) is 5.26 Å². The number of azo groups is 1. The highest BCUT2D eigenvalue weighted by Gasteiger charge is 2.11. The van der Waals surface area contributed by atoms with Gasteiger partial charge in [-0.2, -0.15) is 10.4 Å². The molecule has 0 bridgehead atoms. The predicted octanol–water partition coefficient (Wildman–Crippen LogP) is 2.98. The van der Waals surface area contributed by atoms with Gasteiger partial charge in [0.25, 0.3) is 5.69 Å². The normalized spacial score (nSPS) is 10.7. The summed E-state index contributed by atoms with van der Waals surface area (Å²) in [6, 6.07) is 11.1. The van der Waals surface area contributed by atoms with E-state index in [1.807, 2.05) is 30.0 Å². The zero-order valence-corrected chi connectivity index (χ0v) is 14.7. The van der Waals surface area contributed by atoms with E-state index in [-0.39, 0.29) is 30.2 Å². The molecule has 0 spiro atoms. The molecule has 0 aliphatic carbocycles. The smallest absolute Gasteiger partial charge is 0.270 e. The van der Waals surface area contributed by atoms with Gasteiger partial charge in [0.2, 0.25) is 0 Å². The maximum absolute atomic E-state index is 10.8. The molecule has 0 amide bonds. The summed E-state index contributed by atoms with van der Waals surface area (Å²) in [5, 5.41) is 46.6. The Morgan fingerprint density at radius 2 is 1.78 bits per heavy atom. The Balaban J connectivity index is 2.35. The van der Waals surface area contributed by atoms with Crippen molar-refractivity contribution in [1.82, 2.24) is 0 Å². The summed E-state index contributed by atoms with van der Waals surface area (Å²) in [6.07, 6.45) is 0. The van der Waals surface area contributed by atoms with E-state index in [4.69, 9.17) is 0 Å². The number of nitro groups is 1. The van der Waals surface area contributed by atoms with E-state index in [1.54, 1.807) is 6.07 Å². The minimum atomic E-state index is -0.577. The molecule has 2 rings (SSSR count). The molecular formula is C18H19N5O4. The number of aliphatic hydroxyl groups excluding tert-OH is 2. The first-order valence-electron chi connectivity index (χ1n) is 8.17. The highest BCUT2D eigenvalue weighted by Crippen LogP contribution is 2.29. The highest BCUT2D eigenvalue weighted by atomic mass is 16.6. The summed E-state index contributed by atoms with van der Waals surface area (Å²) in [6.45, 7) is 2.46. The van der Waals surface area contributed by atoms with Crippen LogP contribution in [0.3, 0.4) is 0 Å². The molecule has 0 radical (unpaired) electrons. The first-order chi connectivity index (χ1) is 13.0. The standard InChI is InChI=1S/C18H19N5O4/c1-13-2-3-15(22(6-8-24)7-9-25)11-18(13)21-20-17-5-4-16(23(26)27)10-14(17)12-19/h2-5,10-11,24-25H,6-9H2,1H3.